The highest BCUT2D eigenvalue weighted by atomic mass is 32.2. The second kappa shape index (κ2) is 6.03. The monoisotopic (exact) mass is 346 g/mol. The Balaban J connectivity index is 1.83. The molecule has 1 heterocycles. The Morgan fingerprint density at radius 2 is 1.75 bits per heavy atom. The molecule has 4 nitrogen and oxygen atoms in total. The van der Waals surface area contributed by atoms with Crippen molar-refractivity contribution in [3.63, 3.8) is 0 Å². The number of fused-ring (bicyclic) bond motifs is 1. The van der Waals surface area contributed by atoms with Gasteiger partial charge in [0.1, 0.15) is 5.82 Å². The first kappa shape index (κ1) is 16.7. The van der Waals surface area contributed by atoms with Gasteiger partial charge < -0.3 is 4.98 Å². The van der Waals surface area contributed by atoms with Crippen molar-refractivity contribution in [1.29, 1.82) is 0 Å². The van der Waals surface area contributed by atoms with Crippen LogP contribution in [0.2, 0.25) is 0 Å². The lowest BCUT2D eigenvalue weighted by atomic mass is 9.85. The van der Waals surface area contributed by atoms with Crippen LogP contribution in [0.1, 0.15) is 19.4 Å². The van der Waals surface area contributed by atoms with Crippen LogP contribution in [0, 0.1) is 5.82 Å². The molecule has 3 aromatic rings. The van der Waals surface area contributed by atoms with E-state index in [-0.39, 0.29) is 11.4 Å². The largest absolute Gasteiger partial charge is 0.361 e. The highest BCUT2D eigenvalue weighted by molar-refractivity contribution is 7.89. The fraction of sp³-hybridized carbons (Fsp3) is 0.222. The maximum Gasteiger partial charge on any atom is 0.240 e. The van der Waals surface area contributed by atoms with Gasteiger partial charge in [-0.05, 0) is 35.9 Å². The fourth-order valence-corrected chi connectivity index (χ4v) is 3.91. The zero-order chi connectivity index (χ0) is 17.4. The Kier molecular flexibility index (Phi) is 4.19. The minimum Gasteiger partial charge on any atom is -0.361 e. The van der Waals surface area contributed by atoms with Crippen molar-refractivity contribution >= 4 is 20.9 Å². The summed E-state index contributed by atoms with van der Waals surface area (Å²) in [6, 6.07) is 12.7. The van der Waals surface area contributed by atoms with Gasteiger partial charge in [-0.1, -0.05) is 32.0 Å². The van der Waals surface area contributed by atoms with E-state index in [9.17, 15) is 12.8 Å². The third kappa shape index (κ3) is 3.20. The molecule has 0 saturated carbocycles. The minimum atomic E-state index is -3.68. The van der Waals surface area contributed by atoms with Crippen molar-refractivity contribution in [2.75, 3.05) is 6.54 Å². The molecule has 0 unspecified atom stereocenters. The van der Waals surface area contributed by atoms with Crippen LogP contribution in [0.15, 0.2) is 59.6 Å². The lowest BCUT2D eigenvalue weighted by Gasteiger charge is -2.25. The average Bonchev–Trinajstić information content (AvgIpc) is 2.99. The molecule has 0 aliphatic carbocycles. The number of benzene rings is 2. The van der Waals surface area contributed by atoms with Crippen LogP contribution < -0.4 is 4.72 Å². The van der Waals surface area contributed by atoms with Crippen LogP contribution in [0.4, 0.5) is 4.39 Å². The smallest absolute Gasteiger partial charge is 0.240 e. The quantitative estimate of drug-likeness (QED) is 0.742. The van der Waals surface area contributed by atoms with E-state index < -0.39 is 21.3 Å². The molecule has 126 valence electrons. The van der Waals surface area contributed by atoms with Crippen molar-refractivity contribution in [3.8, 4) is 0 Å². The molecule has 0 atom stereocenters. The molecule has 1 aromatic heterocycles. The number of hydrogen-bond donors (Lipinski definition) is 2. The van der Waals surface area contributed by atoms with E-state index >= 15 is 0 Å². The van der Waals surface area contributed by atoms with E-state index in [1.165, 1.54) is 12.1 Å². The second-order valence-corrected chi connectivity index (χ2v) is 8.18. The minimum absolute atomic E-state index is 0.0543. The molecule has 2 aromatic carbocycles. The number of H-pyrrole nitrogens is 1. The molecule has 0 spiro atoms. The molecule has 0 aliphatic rings. The van der Waals surface area contributed by atoms with Gasteiger partial charge in [0, 0.05) is 29.1 Å². The Morgan fingerprint density at radius 1 is 1.08 bits per heavy atom. The van der Waals surface area contributed by atoms with E-state index in [2.05, 4.69) is 9.71 Å². The first-order valence-electron chi connectivity index (χ1n) is 7.61. The van der Waals surface area contributed by atoms with E-state index in [0.29, 0.717) is 0 Å². The number of aromatic nitrogens is 1. The number of para-hydroxylation sites is 1. The Bertz CT molecular complexity index is 960. The molecule has 0 fully saturated rings. The number of halogens is 1. The van der Waals surface area contributed by atoms with Crippen LogP contribution in [0.25, 0.3) is 10.9 Å². The molecule has 0 bridgehead atoms. The summed E-state index contributed by atoms with van der Waals surface area (Å²) in [4.78, 5) is 3.26. The zero-order valence-electron chi connectivity index (χ0n) is 13.5. The van der Waals surface area contributed by atoms with Crippen molar-refractivity contribution in [2.24, 2.45) is 0 Å². The standard InChI is InChI=1S/C18H19FN2O2S/c1-18(2,16-11-20-17-6-4-3-5-15(16)17)12-21-24(22,23)14-9-7-13(19)8-10-14/h3-11,20-21H,12H2,1-2H3. The predicted molar refractivity (Wildman–Crippen MR) is 92.9 cm³/mol. The van der Waals surface area contributed by atoms with E-state index in [1.807, 2.05) is 44.3 Å². The summed E-state index contributed by atoms with van der Waals surface area (Å²) in [5.41, 5.74) is 1.65. The number of hydrogen-bond acceptors (Lipinski definition) is 2. The molecule has 3 rings (SSSR count). The molecular formula is C18H19FN2O2S. The first-order chi connectivity index (χ1) is 11.3. The fourth-order valence-electron chi connectivity index (χ4n) is 2.70. The van der Waals surface area contributed by atoms with E-state index in [0.717, 1.165) is 28.6 Å². The SMILES string of the molecule is CC(C)(CNS(=O)(=O)c1ccc(F)cc1)c1c[nH]c2ccccc12. The van der Waals surface area contributed by atoms with Crippen molar-refractivity contribution in [3.05, 3.63) is 66.1 Å². The van der Waals surface area contributed by atoms with Gasteiger partial charge in [0.25, 0.3) is 0 Å². The van der Waals surface area contributed by atoms with Gasteiger partial charge in [-0.25, -0.2) is 17.5 Å². The number of sulfonamides is 1. The molecule has 2 N–H and O–H groups in total. The van der Waals surface area contributed by atoms with Crippen LogP contribution in [-0.4, -0.2) is 19.9 Å². The van der Waals surface area contributed by atoms with Gasteiger partial charge in [-0.3, -0.25) is 0 Å². The van der Waals surface area contributed by atoms with E-state index in [1.54, 1.807) is 0 Å². The first-order valence-corrected chi connectivity index (χ1v) is 9.10. The summed E-state index contributed by atoms with van der Waals surface area (Å²) < 4.78 is 40.4. The van der Waals surface area contributed by atoms with Crippen molar-refractivity contribution < 1.29 is 12.8 Å². The van der Waals surface area contributed by atoms with Gasteiger partial charge >= 0.3 is 0 Å². The summed E-state index contributed by atoms with van der Waals surface area (Å²) in [6.07, 6.45) is 1.91. The number of rotatable bonds is 5. The third-order valence-corrected chi connectivity index (χ3v) is 5.56. The second-order valence-electron chi connectivity index (χ2n) is 6.41. The molecule has 0 amide bonds. The van der Waals surface area contributed by atoms with Gasteiger partial charge in [0.2, 0.25) is 10.0 Å². The summed E-state index contributed by atoms with van der Waals surface area (Å²) in [5.74, 6) is -0.465. The summed E-state index contributed by atoms with van der Waals surface area (Å²) in [6.45, 7) is 4.19. The Labute approximate surface area is 140 Å². The Morgan fingerprint density at radius 3 is 2.46 bits per heavy atom. The molecule has 24 heavy (non-hydrogen) atoms. The normalized spacial score (nSPS) is 12.6. The number of nitrogens with one attached hydrogen (secondary N) is 2. The van der Waals surface area contributed by atoms with Crippen molar-refractivity contribution in [1.82, 2.24) is 9.71 Å². The van der Waals surface area contributed by atoms with Crippen LogP contribution in [-0.2, 0) is 15.4 Å². The molecular weight excluding hydrogens is 327 g/mol. The highest BCUT2D eigenvalue weighted by Gasteiger charge is 2.26. The third-order valence-electron chi connectivity index (χ3n) is 4.15. The maximum atomic E-state index is 13.0. The topological polar surface area (TPSA) is 62.0 Å². The molecule has 0 saturated heterocycles. The summed E-state index contributed by atoms with van der Waals surface area (Å²) in [5, 5.41) is 1.07. The highest BCUT2D eigenvalue weighted by Crippen LogP contribution is 2.30. The molecule has 6 heteroatoms. The average molecular weight is 346 g/mol. The van der Waals surface area contributed by atoms with Crippen molar-refractivity contribution in [2.45, 2.75) is 24.2 Å². The Hall–Kier alpha value is -2.18. The van der Waals surface area contributed by atoms with E-state index in [4.69, 9.17) is 0 Å². The maximum absolute atomic E-state index is 13.0. The van der Waals surface area contributed by atoms with Gasteiger partial charge in [0.15, 0.2) is 0 Å². The lowest BCUT2D eigenvalue weighted by molar-refractivity contribution is 0.504. The predicted octanol–water partition coefficient (Wildman–Crippen LogP) is 3.56. The zero-order valence-corrected chi connectivity index (χ0v) is 14.3. The van der Waals surface area contributed by atoms with Gasteiger partial charge in [-0.15, -0.1) is 0 Å². The molecule has 0 aliphatic heterocycles. The summed E-state index contributed by atoms with van der Waals surface area (Å²) in [7, 11) is -3.68. The number of aromatic amines is 1. The van der Waals surface area contributed by atoms with Crippen LogP contribution in [0.3, 0.4) is 0 Å². The lowest BCUT2D eigenvalue weighted by Crippen LogP contribution is -2.36. The van der Waals surface area contributed by atoms with Gasteiger partial charge in [-0.2, -0.15) is 0 Å². The van der Waals surface area contributed by atoms with Crippen LogP contribution >= 0.6 is 0 Å². The summed E-state index contributed by atoms with van der Waals surface area (Å²) >= 11 is 0. The van der Waals surface area contributed by atoms with Gasteiger partial charge in [0.05, 0.1) is 4.90 Å². The molecule has 0 radical (unpaired) electrons. The van der Waals surface area contributed by atoms with Crippen LogP contribution in [0.5, 0.6) is 0 Å².